The Bertz CT molecular complexity index is 1030. The highest BCUT2D eigenvalue weighted by Crippen LogP contribution is 2.31. The minimum Gasteiger partial charge on any atom is -0.333 e. The first-order valence-electron chi connectivity index (χ1n) is 8.33. The largest absolute Gasteiger partial charge is 0.333 e. The molecule has 3 heterocycles. The van der Waals surface area contributed by atoms with Crippen LogP contribution in [0, 0.1) is 5.92 Å². The van der Waals surface area contributed by atoms with Crippen LogP contribution >= 0.6 is 0 Å². The minimum atomic E-state index is -3.77. The lowest BCUT2D eigenvalue weighted by molar-refractivity contribution is 0.594. The van der Waals surface area contributed by atoms with Crippen molar-refractivity contribution >= 4 is 26.7 Å². The van der Waals surface area contributed by atoms with Crippen molar-refractivity contribution in [2.75, 3.05) is 4.72 Å². The molecule has 0 aliphatic heterocycles. The maximum absolute atomic E-state index is 12.8. The molecular formula is C16H20N6O2S. The summed E-state index contributed by atoms with van der Waals surface area (Å²) in [5, 5.41) is 4.84. The maximum Gasteiger partial charge on any atom is 0.280 e. The topological polar surface area (TPSA) is 94.7 Å². The summed E-state index contributed by atoms with van der Waals surface area (Å²) in [5.74, 6) is 1.45. The smallest absolute Gasteiger partial charge is 0.280 e. The molecule has 1 aliphatic carbocycles. The Morgan fingerprint density at radius 1 is 1.36 bits per heavy atom. The third kappa shape index (κ3) is 2.99. The molecule has 0 amide bonds. The van der Waals surface area contributed by atoms with Crippen molar-refractivity contribution in [3.05, 3.63) is 30.5 Å². The molecule has 0 aromatic carbocycles. The molecule has 25 heavy (non-hydrogen) atoms. The number of sulfonamides is 1. The van der Waals surface area contributed by atoms with Crippen LogP contribution < -0.4 is 4.72 Å². The Morgan fingerprint density at radius 3 is 2.88 bits per heavy atom. The van der Waals surface area contributed by atoms with E-state index in [0.717, 1.165) is 12.4 Å². The molecule has 1 fully saturated rings. The van der Waals surface area contributed by atoms with Gasteiger partial charge in [-0.25, -0.2) is 9.97 Å². The van der Waals surface area contributed by atoms with Crippen LogP contribution in [0.1, 0.15) is 25.6 Å². The van der Waals surface area contributed by atoms with E-state index in [2.05, 4.69) is 19.8 Å². The summed E-state index contributed by atoms with van der Waals surface area (Å²) in [6.07, 6.45) is 7.91. The third-order valence-electron chi connectivity index (χ3n) is 4.46. The van der Waals surface area contributed by atoms with Crippen molar-refractivity contribution in [1.29, 1.82) is 0 Å². The van der Waals surface area contributed by atoms with Gasteiger partial charge in [-0.1, -0.05) is 6.92 Å². The fourth-order valence-corrected chi connectivity index (χ4v) is 3.97. The Balaban J connectivity index is 1.68. The zero-order valence-corrected chi connectivity index (χ0v) is 15.0. The predicted molar refractivity (Wildman–Crippen MR) is 93.6 cm³/mol. The number of nitrogens with zero attached hydrogens (tertiary/aromatic N) is 5. The molecule has 0 bridgehead atoms. The van der Waals surface area contributed by atoms with E-state index in [1.165, 1.54) is 12.8 Å². The Kier molecular flexibility index (Phi) is 3.75. The number of pyridine rings is 1. The summed E-state index contributed by atoms with van der Waals surface area (Å²) >= 11 is 0. The number of aromatic nitrogens is 5. The van der Waals surface area contributed by atoms with Gasteiger partial charge in [0.2, 0.25) is 0 Å². The summed E-state index contributed by atoms with van der Waals surface area (Å²) in [6.45, 7) is 2.82. The predicted octanol–water partition coefficient (Wildman–Crippen LogP) is 1.94. The van der Waals surface area contributed by atoms with Crippen molar-refractivity contribution < 1.29 is 8.42 Å². The average molecular weight is 360 g/mol. The molecule has 1 N–H and O–H groups in total. The van der Waals surface area contributed by atoms with Crippen molar-refractivity contribution in [2.45, 2.75) is 37.8 Å². The van der Waals surface area contributed by atoms with Gasteiger partial charge in [0, 0.05) is 32.4 Å². The first-order valence-corrected chi connectivity index (χ1v) is 9.82. The fraction of sp³-hybridized carbons (Fsp3) is 0.438. The molecule has 0 spiro atoms. The highest BCUT2D eigenvalue weighted by molar-refractivity contribution is 7.92. The highest BCUT2D eigenvalue weighted by atomic mass is 32.2. The molecule has 0 saturated heterocycles. The number of aryl methyl sites for hydroxylation is 2. The van der Waals surface area contributed by atoms with Crippen LogP contribution in [-0.2, 0) is 30.0 Å². The van der Waals surface area contributed by atoms with E-state index in [9.17, 15) is 8.42 Å². The van der Waals surface area contributed by atoms with E-state index in [0.29, 0.717) is 29.1 Å². The monoisotopic (exact) mass is 360 g/mol. The van der Waals surface area contributed by atoms with E-state index in [-0.39, 0.29) is 5.03 Å². The van der Waals surface area contributed by atoms with E-state index in [4.69, 9.17) is 0 Å². The SMILES string of the molecule is CCc1nc(S(=O)(=O)Nc2ccnc3c2cnn3C)cn1CC1CC1. The normalized spacial score (nSPS) is 15.0. The van der Waals surface area contributed by atoms with Crippen molar-refractivity contribution in [3.63, 3.8) is 0 Å². The Hall–Kier alpha value is -2.42. The first kappa shape index (κ1) is 16.1. The zero-order valence-electron chi connectivity index (χ0n) is 14.2. The Labute approximate surface area is 145 Å². The molecule has 9 heteroatoms. The highest BCUT2D eigenvalue weighted by Gasteiger charge is 2.26. The molecule has 1 saturated carbocycles. The lowest BCUT2D eigenvalue weighted by atomic mass is 10.3. The van der Waals surface area contributed by atoms with Gasteiger partial charge in [0.15, 0.2) is 10.7 Å². The summed E-state index contributed by atoms with van der Waals surface area (Å²) in [4.78, 5) is 8.56. The van der Waals surface area contributed by atoms with Crippen LogP contribution in [0.3, 0.4) is 0 Å². The number of fused-ring (bicyclic) bond motifs is 1. The van der Waals surface area contributed by atoms with Crippen LogP contribution in [0.15, 0.2) is 29.7 Å². The average Bonchev–Trinajstić information content (AvgIpc) is 3.16. The molecular weight excluding hydrogens is 340 g/mol. The standard InChI is InChI=1S/C16H20N6O2S/c1-3-14-19-15(10-22(14)9-11-4-5-11)25(23,24)20-13-6-7-17-16-12(13)8-18-21(16)2/h6-8,10-11H,3-5,9H2,1-2H3,(H,17,20). The lowest BCUT2D eigenvalue weighted by Gasteiger charge is -2.06. The van der Waals surface area contributed by atoms with Crippen molar-refractivity contribution in [1.82, 2.24) is 24.3 Å². The Morgan fingerprint density at radius 2 is 2.16 bits per heavy atom. The number of imidazole rings is 1. The van der Waals surface area contributed by atoms with Gasteiger partial charge >= 0.3 is 0 Å². The molecule has 8 nitrogen and oxygen atoms in total. The summed E-state index contributed by atoms with van der Waals surface area (Å²) in [5.41, 5.74) is 1.07. The van der Waals surface area contributed by atoms with Gasteiger partial charge in [-0.2, -0.15) is 13.5 Å². The van der Waals surface area contributed by atoms with E-state index >= 15 is 0 Å². The molecule has 132 valence electrons. The quantitative estimate of drug-likeness (QED) is 0.725. The molecule has 0 unspecified atom stereocenters. The number of nitrogens with one attached hydrogen (secondary N) is 1. The van der Waals surface area contributed by atoms with E-state index in [1.54, 1.807) is 36.4 Å². The summed E-state index contributed by atoms with van der Waals surface area (Å²) < 4.78 is 31.8. The number of anilines is 1. The number of hydrogen-bond donors (Lipinski definition) is 1. The van der Waals surface area contributed by atoms with Crippen molar-refractivity contribution in [2.24, 2.45) is 13.0 Å². The number of rotatable bonds is 6. The molecule has 4 rings (SSSR count). The number of hydrogen-bond acceptors (Lipinski definition) is 5. The van der Waals surface area contributed by atoms with Gasteiger partial charge in [0.05, 0.1) is 17.3 Å². The molecule has 1 aliphatic rings. The molecule has 3 aromatic heterocycles. The first-order chi connectivity index (χ1) is 12.0. The van der Waals surface area contributed by atoms with Crippen LogP contribution in [0.5, 0.6) is 0 Å². The fourth-order valence-electron chi connectivity index (χ4n) is 2.91. The van der Waals surface area contributed by atoms with Crippen LogP contribution in [-0.4, -0.2) is 32.7 Å². The van der Waals surface area contributed by atoms with E-state index < -0.39 is 10.0 Å². The lowest BCUT2D eigenvalue weighted by Crippen LogP contribution is -2.14. The van der Waals surface area contributed by atoms with Crippen molar-refractivity contribution in [3.8, 4) is 0 Å². The van der Waals surface area contributed by atoms with Gasteiger partial charge in [0.1, 0.15) is 5.82 Å². The van der Waals surface area contributed by atoms with Gasteiger partial charge in [-0.15, -0.1) is 0 Å². The van der Waals surface area contributed by atoms with Crippen LogP contribution in [0.25, 0.3) is 11.0 Å². The second-order valence-corrected chi connectivity index (χ2v) is 8.04. The maximum atomic E-state index is 12.8. The van der Waals surface area contributed by atoms with Crippen LogP contribution in [0.2, 0.25) is 0 Å². The zero-order chi connectivity index (χ0) is 17.6. The van der Waals surface area contributed by atoms with E-state index in [1.807, 2.05) is 11.5 Å². The molecule has 3 aromatic rings. The van der Waals surface area contributed by atoms with Gasteiger partial charge in [-0.3, -0.25) is 9.40 Å². The molecule has 0 atom stereocenters. The summed E-state index contributed by atoms with van der Waals surface area (Å²) in [6, 6.07) is 1.63. The third-order valence-corrected chi connectivity index (χ3v) is 5.70. The van der Waals surface area contributed by atoms with Gasteiger partial charge in [0.25, 0.3) is 10.0 Å². The summed E-state index contributed by atoms with van der Waals surface area (Å²) in [7, 11) is -2.00. The van der Waals surface area contributed by atoms with Gasteiger partial charge in [-0.05, 0) is 24.8 Å². The molecule has 0 radical (unpaired) electrons. The second-order valence-electron chi connectivity index (χ2n) is 6.41. The van der Waals surface area contributed by atoms with Gasteiger partial charge < -0.3 is 4.57 Å². The minimum absolute atomic E-state index is 0.0545. The van der Waals surface area contributed by atoms with Crippen LogP contribution in [0.4, 0.5) is 5.69 Å². The second kappa shape index (κ2) is 5.83.